The molecule has 0 unspecified atom stereocenters. The molecule has 0 N–H and O–H groups in total. The largest absolute Gasteiger partial charge is 0.463 e. The minimum absolute atomic E-state index is 0.0759. The van der Waals surface area contributed by atoms with Crippen molar-refractivity contribution >= 4 is 23.3 Å². The zero-order valence-corrected chi connectivity index (χ0v) is 12.0. The van der Waals surface area contributed by atoms with Gasteiger partial charge in [0, 0.05) is 30.7 Å². The Balaban J connectivity index is 3.12. The molecule has 8 heteroatoms. The van der Waals surface area contributed by atoms with Crippen molar-refractivity contribution in [2.75, 3.05) is 6.61 Å². The zero-order chi connectivity index (χ0) is 16.5. The summed E-state index contributed by atoms with van der Waals surface area (Å²) in [6.07, 6.45) is 2.34. The summed E-state index contributed by atoms with van der Waals surface area (Å²) in [5, 5.41) is 14.4. The summed E-state index contributed by atoms with van der Waals surface area (Å²) < 4.78 is 4.72. The molecule has 0 saturated carbocycles. The van der Waals surface area contributed by atoms with Crippen LogP contribution in [0.15, 0.2) is 41.6 Å². The lowest BCUT2D eigenvalue weighted by Gasteiger charge is -2.01. The Morgan fingerprint density at radius 1 is 1.36 bits per heavy atom. The Morgan fingerprint density at radius 3 is 2.68 bits per heavy atom. The van der Waals surface area contributed by atoms with Crippen LogP contribution in [0, 0.1) is 10.1 Å². The van der Waals surface area contributed by atoms with Crippen LogP contribution in [0.3, 0.4) is 0 Å². The van der Waals surface area contributed by atoms with Gasteiger partial charge in [0.1, 0.15) is 5.71 Å². The Bertz CT molecular complexity index is 636. The number of esters is 1. The molecule has 1 aromatic carbocycles. The van der Waals surface area contributed by atoms with Gasteiger partial charge in [-0.1, -0.05) is 17.3 Å². The van der Waals surface area contributed by atoms with Crippen molar-refractivity contribution in [1.82, 2.24) is 0 Å². The van der Waals surface area contributed by atoms with Crippen LogP contribution in [0.1, 0.15) is 19.4 Å². The van der Waals surface area contributed by atoms with Crippen LogP contribution in [-0.2, 0) is 19.2 Å². The molecule has 1 rings (SSSR count). The van der Waals surface area contributed by atoms with E-state index in [1.54, 1.807) is 6.92 Å². The van der Waals surface area contributed by atoms with Gasteiger partial charge < -0.3 is 9.57 Å². The molecule has 0 amide bonds. The molecule has 0 aliphatic rings. The molecular formula is C14H14N2O6. The van der Waals surface area contributed by atoms with Crippen LogP contribution < -0.4 is 0 Å². The average Bonchev–Trinajstić information content (AvgIpc) is 2.47. The van der Waals surface area contributed by atoms with Crippen molar-refractivity contribution in [2.45, 2.75) is 13.8 Å². The number of allylic oxidation sites excluding steroid dienone is 1. The summed E-state index contributed by atoms with van der Waals surface area (Å²) in [7, 11) is 0. The first kappa shape index (κ1) is 17.0. The third kappa shape index (κ3) is 5.53. The summed E-state index contributed by atoms with van der Waals surface area (Å²) >= 11 is 0. The number of hydrogen-bond donors (Lipinski definition) is 0. The lowest BCUT2D eigenvalue weighted by molar-refractivity contribution is -0.384. The number of benzene rings is 1. The number of nitro groups is 1. The van der Waals surface area contributed by atoms with Gasteiger partial charge in [-0.05, 0) is 13.0 Å². The fraction of sp³-hybridized carbons (Fsp3) is 0.214. The number of nitro benzene ring substituents is 1. The van der Waals surface area contributed by atoms with Gasteiger partial charge in [0.15, 0.2) is 0 Å². The number of carbonyl (C=O) groups is 2. The summed E-state index contributed by atoms with van der Waals surface area (Å²) in [6, 6.07) is 5.54. The topological polar surface area (TPSA) is 108 Å². The van der Waals surface area contributed by atoms with Gasteiger partial charge in [-0.25, -0.2) is 9.59 Å². The minimum Gasteiger partial charge on any atom is -0.463 e. The number of carbonyl (C=O) groups excluding carboxylic acids is 2. The Labute approximate surface area is 126 Å². The van der Waals surface area contributed by atoms with Gasteiger partial charge in [-0.2, -0.15) is 0 Å². The molecule has 0 bridgehead atoms. The number of oxime groups is 1. The van der Waals surface area contributed by atoms with E-state index in [0.717, 1.165) is 13.0 Å². The first-order valence-electron chi connectivity index (χ1n) is 6.29. The van der Waals surface area contributed by atoms with Crippen LogP contribution in [0.4, 0.5) is 5.69 Å². The maximum absolute atomic E-state index is 11.3. The molecule has 1 aromatic rings. The molecule has 0 saturated heterocycles. The van der Waals surface area contributed by atoms with Gasteiger partial charge in [-0.15, -0.1) is 0 Å². The molecule has 0 aliphatic heterocycles. The fourth-order valence-electron chi connectivity index (χ4n) is 1.41. The zero-order valence-electron chi connectivity index (χ0n) is 12.0. The monoisotopic (exact) mass is 306 g/mol. The smallest absolute Gasteiger partial charge is 0.332 e. The van der Waals surface area contributed by atoms with E-state index in [-0.39, 0.29) is 18.0 Å². The van der Waals surface area contributed by atoms with E-state index in [9.17, 15) is 19.7 Å². The summed E-state index contributed by atoms with van der Waals surface area (Å²) in [6.45, 7) is 3.01. The second-order valence-electron chi connectivity index (χ2n) is 3.95. The quantitative estimate of drug-likeness (QED) is 0.198. The number of rotatable bonds is 6. The van der Waals surface area contributed by atoms with Gasteiger partial charge in [0.25, 0.3) is 5.69 Å². The Kier molecular flexibility index (Phi) is 6.42. The summed E-state index contributed by atoms with van der Waals surface area (Å²) in [4.78, 5) is 36.9. The molecular weight excluding hydrogens is 292 g/mol. The van der Waals surface area contributed by atoms with Crippen molar-refractivity contribution in [3.63, 3.8) is 0 Å². The molecule has 8 nitrogen and oxygen atoms in total. The van der Waals surface area contributed by atoms with Gasteiger partial charge in [0.2, 0.25) is 0 Å². The molecule has 116 valence electrons. The van der Waals surface area contributed by atoms with Crippen molar-refractivity contribution in [1.29, 1.82) is 0 Å². The maximum atomic E-state index is 11.3. The van der Waals surface area contributed by atoms with Crippen molar-refractivity contribution < 1.29 is 24.1 Å². The lowest BCUT2D eigenvalue weighted by atomic mass is 10.1. The minimum atomic E-state index is -0.660. The SMILES string of the molecule is CCOC(=O)/C=C/C(=N\OC(C)=O)c1cccc([N+](=O)[O-])c1. The third-order valence-corrected chi connectivity index (χ3v) is 2.29. The molecule has 0 aromatic heterocycles. The first-order valence-corrected chi connectivity index (χ1v) is 6.29. The predicted octanol–water partition coefficient (Wildman–Crippen LogP) is 1.98. The van der Waals surface area contributed by atoms with E-state index in [2.05, 4.69) is 9.99 Å². The highest BCUT2D eigenvalue weighted by atomic mass is 16.7. The van der Waals surface area contributed by atoms with Gasteiger partial charge >= 0.3 is 11.9 Å². The highest BCUT2D eigenvalue weighted by molar-refractivity contribution is 6.10. The van der Waals surface area contributed by atoms with Crippen LogP contribution in [0.5, 0.6) is 0 Å². The standard InChI is InChI=1S/C14H14N2O6/c1-3-21-14(18)8-7-13(15-22-10(2)17)11-5-4-6-12(9-11)16(19)20/h4-9H,3H2,1-2H3/b8-7+,15-13+. The van der Waals surface area contributed by atoms with Crippen LogP contribution in [-0.4, -0.2) is 29.2 Å². The molecule has 0 heterocycles. The van der Waals surface area contributed by atoms with E-state index < -0.39 is 16.9 Å². The number of nitrogens with zero attached hydrogens (tertiary/aromatic N) is 2. The maximum Gasteiger partial charge on any atom is 0.332 e. The molecule has 0 spiro atoms. The van der Waals surface area contributed by atoms with Crippen molar-refractivity contribution in [3.05, 3.63) is 52.1 Å². The Hall–Kier alpha value is -3.03. The van der Waals surface area contributed by atoms with E-state index >= 15 is 0 Å². The molecule has 0 fully saturated rings. The molecule has 0 atom stereocenters. The predicted molar refractivity (Wildman–Crippen MR) is 77.2 cm³/mol. The Morgan fingerprint density at radius 2 is 2.09 bits per heavy atom. The second kappa shape index (κ2) is 8.30. The number of hydrogen-bond acceptors (Lipinski definition) is 7. The average molecular weight is 306 g/mol. The van der Waals surface area contributed by atoms with Crippen LogP contribution in [0.2, 0.25) is 0 Å². The van der Waals surface area contributed by atoms with Crippen molar-refractivity contribution in [2.24, 2.45) is 5.16 Å². The number of non-ortho nitro benzene ring substituents is 1. The van der Waals surface area contributed by atoms with Crippen LogP contribution in [0.25, 0.3) is 0 Å². The van der Waals surface area contributed by atoms with Gasteiger partial charge in [-0.3, -0.25) is 10.1 Å². The van der Waals surface area contributed by atoms with Crippen LogP contribution >= 0.6 is 0 Å². The highest BCUT2D eigenvalue weighted by Gasteiger charge is 2.10. The molecule has 0 aliphatic carbocycles. The van der Waals surface area contributed by atoms with Gasteiger partial charge in [0.05, 0.1) is 11.5 Å². The summed E-state index contributed by atoms with van der Waals surface area (Å²) in [5.41, 5.74) is 0.237. The van der Waals surface area contributed by atoms with Crippen molar-refractivity contribution in [3.8, 4) is 0 Å². The molecule has 0 radical (unpaired) electrons. The third-order valence-electron chi connectivity index (χ3n) is 2.29. The summed E-state index contributed by atoms with van der Waals surface area (Å²) in [5.74, 6) is -1.27. The molecule has 22 heavy (non-hydrogen) atoms. The van der Waals surface area contributed by atoms with E-state index in [4.69, 9.17) is 4.74 Å². The number of ether oxygens (including phenoxy) is 1. The van der Waals surface area contributed by atoms with E-state index in [0.29, 0.717) is 5.56 Å². The normalized spacial score (nSPS) is 11.3. The first-order chi connectivity index (χ1) is 10.4. The highest BCUT2D eigenvalue weighted by Crippen LogP contribution is 2.14. The van der Waals surface area contributed by atoms with E-state index in [1.165, 1.54) is 30.3 Å². The lowest BCUT2D eigenvalue weighted by Crippen LogP contribution is -2.05. The second-order valence-corrected chi connectivity index (χ2v) is 3.95. The van der Waals surface area contributed by atoms with E-state index in [1.807, 2.05) is 0 Å². The fourth-order valence-corrected chi connectivity index (χ4v) is 1.41.